The molecule has 0 aliphatic carbocycles. The number of ketones is 1. The lowest BCUT2D eigenvalue weighted by Gasteiger charge is -2.50. The van der Waals surface area contributed by atoms with Gasteiger partial charge in [-0.05, 0) is 72.2 Å². The van der Waals surface area contributed by atoms with E-state index < -0.39 is 115 Å². The van der Waals surface area contributed by atoms with Gasteiger partial charge in [0.1, 0.15) is 48.5 Å². The summed E-state index contributed by atoms with van der Waals surface area (Å²) in [7, 11) is 4.82. The number of aliphatic hydroxyl groups is 2. The Morgan fingerprint density at radius 1 is 1.00 bits per heavy atom. The molecule has 17 nitrogen and oxygen atoms in total. The van der Waals surface area contributed by atoms with Gasteiger partial charge >= 0.3 is 17.9 Å². The summed E-state index contributed by atoms with van der Waals surface area (Å²) < 4.78 is 54.2. The van der Waals surface area contributed by atoms with E-state index in [4.69, 9.17) is 42.6 Å². The van der Waals surface area contributed by atoms with Gasteiger partial charge < -0.3 is 62.5 Å². The van der Waals surface area contributed by atoms with Gasteiger partial charge in [-0.15, -0.1) is 0 Å². The number of esters is 3. The van der Waals surface area contributed by atoms with Crippen LogP contribution in [0.3, 0.4) is 0 Å². The van der Waals surface area contributed by atoms with Crippen LogP contribution in [-0.2, 0) is 66.6 Å². The van der Waals surface area contributed by atoms with Crippen LogP contribution in [0, 0.1) is 17.8 Å². The van der Waals surface area contributed by atoms with Crippen molar-refractivity contribution in [3.8, 4) is 0 Å². The number of methoxy groups -OCH3 is 1. The molecule has 3 fully saturated rings. The molecule has 4 heterocycles. The molecule has 59 heavy (non-hydrogen) atoms. The number of cyclic esters (lactones) is 1. The largest absolute Gasteiger partial charge is 0.462 e. The monoisotopic (exact) mass is 841 g/mol. The van der Waals surface area contributed by atoms with Gasteiger partial charge in [0, 0.05) is 45.6 Å². The van der Waals surface area contributed by atoms with E-state index in [-0.39, 0.29) is 49.6 Å². The summed E-state index contributed by atoms with van der Waals surface area (Å²) in [6, 6.07) is -0.800. The predicted molar refractivity (Wildman–Crippen MR) is 208 cm³/mol. The SMILES string of the molecule is CO[C@@H]1[C@@H](OC2OC(C)C(OC3CC(C)(O)C(OC(=O)CC(C)C)C(C)O3)C(N(C)C)C2O)[C@@H](CC=O)C[C@@H](C)C(=O)/C=C\C2O[C@H]2C[C@@H](C)OC(=O)C[C@H]1OC(C)=O. The summed E-state index contributed by atoms with van der Waals surface area (Å²) in [5.41, 5.74) is -1.51. The number of hydrogen-bond donors (Lipinski definition) is 2. The molecule has 0 aromatic carbocycles. The average molecular weight is 842 g/mol. The van der Waals surface area contributed by atoms with Crippen molar-refractivity contribution in [1.82, 2.24) is 4.90 Å². The molecule has 4 aliphatic heterocycles. The Labute approximate surface area is 347 Å². The van der Waals surface area contributed by atoms with Crippen LogP contribution in [0.25, 0.3) is 0 Å². The number of ether oxygens (including phenoxy) is 9. The number of carbonyl (C=O) groups is 5. The summed E-state index contributed by atoms with van der Waals surface area (Å²) in [5, 5.41) is 23.5. The standard InChI is InChI=1S/C42H67NO16/c1-21(2)16-32(47)57-40-25(6)53-34(20-42(40,8)50)58-37-24(5)54-41(36(49)35(37)43(9)10)59-38-27(14-15-44)17-22(3)28(46)12-13-29-30(56-29)18-23(4)52-33(48)19-31(39(38)51-11)55-26(7)45/h12-13,15,21-25,27,29-31,34-41,49-50H,14,16-20H2,1-11H3/b13-12-/t22-,23-,24?,25?,27+,29?,30+,31-,34?,35?,36?,37?,38+,39+,40?,41?,42?/m1/s1. The van der Waals surface area contributed by atoms with Gasteiger partial charge in [-0.2, -0.15) is 0 Å². The molecular formula is C42H67NO16. The Bertz CT molecular complexity index is 1470. The molecule has 336 valence electrons. The zero-order valence-corrected chi connectivity index (χ0v) is 36.3. The number of hydrogen-bond acceptors (Lipinski definition) is 17. The van der Waals surface area contributed by atoms with Gasteiger partial charge in [0.2, 0.25) is 0 Å². The highest BCUT2D eigenvalue weighted by molar-refractivity contribution is 5.91. The molecule has 2 N–H and O–H groups in total. The average Bonchev–Trinajstić information content (AvgIpc) is 3.85. The summed E-state index contributed by atoms with van der Waals surface area (Å²) in [4.78, 5) is 65.8. The van der Waals surface area contributed by atoms with Gasteiger partial charge in [-0.3, -0.25) is 19.2 Å². The van der Waals surface area contributed by atoms with Gasteiger partial charge in [-0.1, -0.05) is 20.8 Å². The molecule has 0 radical (unpaired) electrons. The lowest BCUT2D eigenvalue weighted by Crippen LogP contribution is -2.66. The maximum absolute atomic E-state index is 13.4. The minimum absolute atomic E-state index is 0.0551. The van der Waals surface area contributed by atoms with Crippen LogP contribution in [0.5, 0.6) is 0 Å². The third-order valence-corrected chi connectivity index (χ3v) is 11.4. The van der Waals surface area contributed by atoms with Gasteiger partial charge in [0.25, 0.3) is 0 Å². The number of rotatable bonds is 12. The van der Waals surface area contributed by atoms with Crippen LogP contribution >= 0.6 is 0 Å². The van der Waals surface area contributed by atoms with Crippen molar-refractivity contribution in [2.45, 2.75) is 185 Å². The van der Waals surface area contributed by atoms with Gasteiger partial charge in [-0.25, -0.2) is 0 Å². The van der Waals surface area contributed by atoms with E-state index in [2.05, 4.69) is 0 Å². The summed E-state index contributed by atoms with van der Waals surface area (Å²) in [6.07, 6.45) is -7.99. The Morgan fingerprint density at radius 2 is 1.69 bits per heavy atom. The topological polar surface area (TPSA) is 215 Å². The fourth-order valence-electron chi connectivity index (χ4n) is 8.51. The number of aldehydes is 1. The van der Waals surface area contributed by atoms with Crippen molar-refractivity contribution in [3.05, 3.63) is 12.2 Å². The molecule has 4 aliphatic rings. The molecule has 0 amide bonds. The normalized spacial score (nSPS) is 41.7. The Balaban J connectivity index is 1.64. The van der Waals surface area contributed by atoms with Crippen molar-refractivity contribution >= 4 is 30.0 Å². The Kier molecular flexibility index (Phi) is 17.6. The van der Waals surface area contributed by atoms with Crippen LogP contribution in [-0.4, -0.2) is 158 Å². The fourth-order valence-corrected chi connectivity index (χ4v) is 8.51. The first kappa shape index (κ1) is 48.8. The Morgan fingerprint density at radius 3 is 2.29 bits per heavy atom. The van der Waals surface area contributed by atoms with Gasteiger partial charge in [0.05, 0.1) is 36.9 Å². The van der Waals surface area contributed by atoms with Crippen LogP contribution < -0.4 is 0 Å². The number of epoxide rings is 1. The van der Waals surface area contributed by atoms with Crippen molar-refractivity contribution in [1.29, 1.82) is 0 Å². The lowest BCUT2D eigenvalue weighted by molar-refractivity contribution is -0.344. The van der Waals surface area contributed by atoms with E-state index in [0.717, 1.165) is 0 Å². The highest BCUT2D eigenvalue weighted by atomic mass is 16.7. The number of nitrogens with zero attached hydrogens (tertiary/aromatic N) is 1. The number of fused-ring (bicyclic) bond motifs is 1. The molecule has 0 aromatic heterocycles. The summed E-state index contributed by atoms with van der Waals surface area (Å²) >= 11 is 0. The molecule has 17 heteroatoms. The van der Waals surface area contributed by atoms with E-state index in [1.807, 2.05) is 13.8 Å². The minimum Gasteiger partial charge on any atom is -0.462 e. The molecule has 10 unspecified atom stereocenters. The zero-order chi connectivity index (χ0) is 43.9. The quantitative estimate of drug-likeness (QED) is 0.125. The first-order valence-corrected chi connectivity index (χ1v) is 20.7. The maximum atomic E-state index is 13.4. The molecule has 0 spiro atoms. The van der Waals surface area contributed by atoms with Crippen molar-refractivity contribution in [3.63, 3.8) is 0 Å². The van der Waals surface area contributed by atoms with Crippen molar-refractivity contribution in [2.24, 2.45) is 17.8 Å². The first-order chi connectivity index (χ1) is 27.6. The maximum Gasteiger partial charge on any atom is 0.309 e. The summed E-state index contributed by atoms with van der Waals surface area (Å²) in [5.74, 6) is -3.35. The molecule has 0 bridgehead atoms. The second-order valence-electron chi connectivity index (χ2n) is 17.5. The third kappa shape index (κ3) is 13.3. The molecule has 17 atom stereocenters. The van der Waals surface area contributed by atoms with Crippen LogP contribution in [0.2, 0.25) is 0 Å². The van der Waals surface area contributed by atoms with Crippen molar-refractivity contribution < 1.29 is 76.8 Å². The molecule has 0 aromatic rings. The van der Waals surface area contributed by atoms with Crippen LogP contribution in [0.15, 0.2) is 12.2 Å². The number of aliphatic hydroxyl groups excluding tert-OH is 1. The van der Waals surface area contributed by atoms with Crippen LogP contribution in [0.4, 0.5) is 0 Å². The van der Waals surface area contributed by atoms with Crippen LogP contribution in [0.1, 0.15) is 93.9 Å². The van der Waals surface area contributed by atoms with E-state index in [9.17, 15) is 34.2 Å². The highest BCUT2D eigenvalue weighted by Gasteiger charge is 2.53. The molecular weight excluding hydrogens is 774 g/mol. The molecule has 0 saturated carbocycles. The van der Waals surface area contributed by atoms with E-state index in [1.54, 1.807) is 59.7 Å². The fraction of sp³-hybridized carbons (Fsp3) is 0.833. The first-order valence-electron chi connectivity index (χ1n) is 20.7. The van der Waals surface area contributed by atoms with Crippen molar-refractivity contribution in [2.75, 3.05) is 21.2 Å². The summed E-state index contributed by atoms with van der Waals surface area (Å²) in [6.45, 7) is 13.4. The predicted octanol–water partition coefficient (Wildman–Crippen LogP) is 2.43. The van der Waals surface area contributed by atoms with E-state index in [1.165, 1.54) is 20.1 Å². The van der Waals surface area contributed by atoms with E-state index >= 15 is 0 Å². The van der Waals surface area contributed by atoms with Gasteiger partial charge in [0.15, 0.2) is 24.5 Å². The van der Waals surface area contributed by atoms with E-state index in [0.29, 0.717) is 12.7 Å². The zero-order valence-electron chi connectivity index (χ0n) is 36.3. The Hall–Kier alpha value is -2.87. The third-order valence-electron chi connectivity index (χ3n) is 11.4. The minimum atomic E-state index is -1.51. The smallest absolute Gasteiger partial charge is 0.309 e. The number of likely N-dealkylation sites (N-methyl/N-ethyl adjacent to an activating group) is 1. The molecule has 3 saturated heterocycles. The second kappa shape index (κ2) is 21.3. The number of carbonyl (C=O) groups excluding carboxylic acids is 5. The molecule has 4 rings (SSSR count). The highest BCUT2D eigenvalue weighted by Crippen LogP contribution is 2.38. The lowest BCUT2D eigenvalue weighted by atomic mass is 9.83. The number of allylic oxidation sites excluding steroid dienone is 1. The second-order valence-corrected chi connectivity index (χ2v) is 17.5.